The molecule has 0 saturated carbocycles. The molecule has 0 spiro atoms. The number of ether oxygens (including phenoxy) is 4. The zero-order valence-electron chi connectivity index (χ0n) is 17.0. The van der Waals surface area contributed by atoms with Gasteiger partial charge in [-0.25, -0.2) is 0 Å². The summed E-state index contributed by atoms with van der Waals surface area (Å²) in [6.07, 6.45) is 5.44. The van der Waals surface area contributed by atoms with Crippen molar-refractivity contribution in [3.63, 3.8) is 0 Å². The number of imide groups is 1. The molecule has 1 heterocycles. The first-order valence-electron chi connectivity index (χ1n) is 9.10. The van der Waals surface area contributed by atoms with Crippen LogP contribution in [0.2, 0.25) is 0 Å². The van der Waals surface area contributed by atoms with Crippen LogP contribution in [0.15, 0.2) is 51.1 Å². The highest BCUT2D eigenvalue weighted by Crippen LogP contribution is 2.35. The van der Waals surface area contributed by atoms with Crippen LogP contribution in [0.5, 0.6) is 5.75 Å². The number of esters is 1. The summed E-state index contributed by atoms with van der Waals surface area (Å²) in [6, 6.07) is 4.99. The summed E-state index contributed by atoms with van der Waals surface area (Å²) >= 11 is 4.21. The van der Waals surface area contributed by atoms with E-state index < -0.39 is 22.9 Å². The van der Waals surface area contributed by atoms with Crippen molar-refractivity contribution >= 4 is 50.9 Å². The molecule has 0 bridgehead atoms. The number of carbonyl (C=O) groups excluding carboxylic acids is 3. The van der Waals surface area contributed by atoms with Crippen LogP contribution in [0.1, 0.15) is 18.4 Å². The third kappa shape index (κ3) is 5.27. The molecular formula is C21H20BrNO7S. The minimum absolute atomic E-state index is 0.0408. The van der Waals surface area contributed by atoms with E-state index in [9.17, 15) is 14.4 Å². The van der Waals surface area contributed by atoms with Crippen LogP contribution in [0, 0.1) is 0 Å². The molecule has 1 aliphatic carbocycles. The summed E-state index contributed by atoms with van der Waals surface area (Å²) in [4.78, 5) is 35.7. The van der Waals surface area contributed by atoms with Crippen LogP contribution in [0.4, 0.5) is 4.79 Å². The molecule has 1 N–H and O–H groups in total. The van der Waals surface area contributed by atoms with Crippen LogP contribution >= 0.6 is 27.7 Å². The van der Waals surface area contributed by atoms with Crippen molar-refractivity contribution in [2.24, 2.45) is 0 Å². The van der Waals surface area contributed by atoms with Crippen molar-refractivity contribution in [2.75, 3.05) is 21.3 Å². The van der Waals surface area contributed by atoms with Gasteiger partial charge in [0.05, 0.1) is 22.9 Å². The second kappa shape index (κ2) is 9.82. The van der Waals surface area contributed by atoms with Crippen molar-refractivity contribution in [3.05, 3.63) is 56.6 Å². The number of amides is 2. The van der Waals surface area contributed by atoms with Gasteiger partial charge < -0.3 is 18.9 Å². The second-order valence-electron chi connectivity index (χ2n) is 6.59. The standard InChI is InChI=1S/C21H20BrNO7S/c1-27-17-7-5-13(11-21(17,28-2)29-3)10-18(24)30-15-6-4-12(8-14(15)22)9-16-19(25)23-20(26)31-16/h4-9H,10-11H2,1-3H3,(H,23,25,26). The van der Waals surface area contributed by atoms with E-state index in [-0.39, 0.29) is 6.42 Å². The zero-order valence-corrected chi connectivity index (χ0v) is 19.4. The largest absolute Gasteiger partial charge is 0.495 e. The molecule has 0 unspecified atom stereocenters. The maximum absolute atomic E-state index is 12.5. The van der Waals surface area contributed by atoms with E-state index in [0.29, 0.717) is 32.9 Å². The van der Waals surface area contributed by atoms with Gasteiger partial charge in [0.1, 0.15) is 5.75 Å². The van der Waals surface area contributed by atoms with E-state index in [1.807, 2.05) is 0 Å². The van der Waals surface area contributed by atoms with Crippen LogP contribution in [0.3, 0.4) is 0 Å². The Bertz CT molecular complexity index is 1010. The number of methoxy groups -OCH3 is 3. The minimum Gasteiger partial charge on any atom is -0.495 e. The monoisotopic (exact) mass is 509 g/mol. The Hall–Kier alpha value is -2.40. The number of thioether (sulfide) groups is 1. The maximum atomic E-state index is 12.5. The second-order valence-corrected chi connectivity index (χ2v) is 8.46. The molecule has 3 rings (SSSR count). The quantitative estimate of drug-likeness (QED) is 0.255. The van der Waals surface area contributed by atoms with E-state index >= 15 is 0 Å². The lowest BCUT2D eigenvalue weighted by atomic mass is 9.95. The van der Waals surface area contributed by atoms with Gasteiger partial charge >= 0.3 is 5.97 Å². The maximum Gasteiger partial charge on any atom is 0.315 e. The number of allylic oxidation sites excluding steroid dienone is 2. The lowest BCUT2D eigenvalue weighted by Gasteiger charge is -2.34. The molecule has 0 atom stereocenters. The topological polar surface area (TPSA) is 100 Å². The fourth-order valence-corrected chi connectivity index (χ4v) is 4.31. The van der Waals surface area contributed by atoms with Crippen LogP contribution in [-0.4, -0.2) is 44.2 Å². The molecule has 2 aliphatic rings. The van der Waals surface area contributed by atoms with Gasteiger partial charge in [-0.05, 0) is 57.5 Å². The van der Waals surface area contributed by atoms with E-state index in [2.05, 4.69) is 21.2 Å². The van der Waals surface area contributed by atoms with Gasteiger partial charge in [0, 0.05) is 20.6 Å². The van der Waals surface area contributed by atoms with Crippen molar-refractivity contribution in [1.82, 2.24) is 5.32 Å². The summed E-state index contributed by atoms with van der Waals surface area (Å²) in [5, 5.41) is 1.79. The highest BCUT2D eigenvalue weighted by Gasteiger charge is 2.39. The Morgan fingerprint density at radius 2 is 1.97 bits per heavy atom. The van der Waals surface area contributed by atoms with Gasteiger partial charge in [-0.3, -0.25) is 19.7 Å². The van der Waals surface area contributed by atoms with E-state index in [1.165, 1.54) is 21.3 Å². The fourth-order valence-electron chi connectivity index (χ4n) is 3.15. The van der Waals surface area contributed by atoms with Crippen LogP contribution in [0.25, 0.3) is 6.08 Å². The molecule has 0 radical (unpaired) electrons. The van der Waals surface area contributed by atoms with Crippen LogP contribution < -0.4 is 10.1 Å². The van der Waals surface area contributed by atoms with Gasteiger partial charge in [0.25, 0.3) is 11.1 Å². The molecular weight excluding hydrogens is 490 g/mol. The third-order valence-corrected chi connectivity index (χ3v) is 6.11. The normalized spacial score (nSPS) is 19.0. The number of nitrogens with one attached hydrogen (secondary N) is 1. The molecule has 2 amide bonds. The molecule has 1 aromatic carbocycles. The lowest BCUT2D eigenvalue weighted by Crippen LogP contribution is -2.39. The Morgan fingerprint density at radius 3 is 2.55 bits per heavy atom. The predicted octanol–water partition coefficient (Wildman–Crippen LogP) is 3.92. The summed E-state index contributed by atoms with van der Waals surface area (Å²) in [5.74, 6) is -1.12. The van der Waals surface area contributed by atoms with Crippen molar-refractivity contribution in [1.29, 1.82) is 0 Å². The summed E-state index contributed by atoms with van der Waals surface area (Å²) < 4.78 is 22.3. The average molecular weight is 510 g/mol. The van der Waals surface area contributed by atoms with Gasteiger partial charge in [-0.1, -0.05) is 17.7 Å². The highest BCUT2D eigenvalue weighted by molar-refractivity contribution is 9.10. The van der Waals surface area contributed by atoms with Crippen molar-refractivity contribution < 1.29 is 33.3 Å². The average Bonchev–Trinajstić information content (AvgIpc) is 3.06. The van der Waals surface area contributed by atoms with E-state index in [4.69, 9.17) is 18.9 Å². The van der Waals surface area contributed by atoms with Crippen molar-refractivity contribution in [2.45, 2.75) is 18.6 Å². The molecule has 1 saturated heterocycles. The lowest BCUT2D eigenvalue weighted by molar-refractivity contribution is -0.200. The van der Waals surface area contributed by atoms with Crippen molar-refractivity contribution in [3.8, 4) is 5.75 Å². The molecule has 1 fully saturated rings. The Balaban J connectivity index is 1.68. The number of hydrogen-bond acceptors (Lipinski definition) is 8. The molecule has 164 valence electrons. The predicted molar refractivity (Wildman–Crippen MR) is 118 cm³/mol. The summed E-state index contributed by atoms with van der Waals surface area (Å²) in [7, 11) is 4.54. The van der Waals surface area contributed by atoms with E-state index in [1.54, 1.807) is 36.4 Å². The Labute approximate surface area is 191 Å². The van der Waals surface area contributed by atoms with E-state index in [0.717, 1.165) is 17.3 Å². The summed E-state index contributed by atoms with van der Waals surface area (Å²) in [5.41, 5.74) is 1.44. The zero-order chi connectivity index (χ0) is 22.6. The number of benzene rings is 1. The molecule has 0 aromatic heterocycles. The molecule has 10 heteroatoms. The number of hydrogen-bond donors (Lipinski definition) is 1. The minimum atomic E-state index is -1.08. The first-order valence-corrected chi connectivity index (χ1v) is 10.7. The van der Waals surface area contributed by atoms with Gasteiger partial charge in [-0.2, -0.15) is 0 Å². The van der Waals surface area contributed by atoms with Gasteiger partial charge in [0.2, 0.25) is 5.79 Å². The van der Waals surface area contributed by atoms with Gasteiger partial charge in [-0.15, -0.1) is 0 Å². The smallest absolute Gasteiger partial charge is 0.315 e. The molecule has 1 aliphatic heterocycles. The highest BCUT2D eigenvalue weighted by atomic mass is 79.9. The van der Waals surface area contributed by atoms with Gasteiger partial charge in [0.15, 0.2) is 5.76 Å². The Kier molecular flexibility index (Phi) is 7.37. The molecule has 8 nitrogen and oxygen atoms in total. The third-order valence-electron chi connectivity index (χ3n) is 4.68. The molecule has 1 aromatic rings. The SMILES string of the molecule is COC1=CC=C(CC(=O)Oc2ccc(C=C3SC(=O)NC3=O)cc2Br)CC1(OC)OC. The molecule has 31 heavy (non-hydrogen) atoms. The Morgan fingerprint density at radius 1 is 1.23 bits per heavy atom. The number of carbonyl (C=O) groups is 3. The fraction of sp³-hybridized carbons (Fsp3) is 0.286. The van der Waals surface area contributed by atoms with Crippen LogP contribution in [-0.2, 0) is 23.8 Å². The number of rotatable bonds is 7. The number of halogens is 1. The first-order chi connectivity index (χ1) is 14.8. The summed E-state index contributed by atoms with van der Waals surface area (Å²) in [6.45, 7) is 0. The first kappa shape index (κ1) is 23.3.